The number of benzene rings is 2. The molecule has 0 amide bonds. The number of piperidine rings is 1. The monoisotopic (exact) mass is 463 g/mol. The lowest BCUT2D eigenvalue weighted by molar-refractivity contribution is 0.184. The summed E-state index contributed by atoms with van der Waals surface area (Å²) in [5, 5.41) is 1.99. The van der Waals surface area contributed by atoms with Crippen molar-refractivity contribution in [2.75, 3.05) is 32.0 Å². The van der Waals surface area contributed by atoms with Gasteiger partial charge in [0.15, 0.2) is 9.84 Å². The smallest absolute Gasteiger partial charge is 0.178 e. The Kier molecular flexibility index (Phi) is 6.08. The van der Waals surface area contributed by atoms with Crippen molar-refractivity contribution in [3.05, 3.63) is 54.7 Å². The van der Waals surface area contributed by atoms with E-state index in [0.717, 1.165) is 58.4 Å². The third-order valence-corrected chi connectivity index (χ3v) is 8.22. The highest BCUT2D eigenvalue weighted by Gasteiger charge is 2.18. The average Bonchev–Trinajstić information content (AvgIpc) is 3.25. The minimum atomic E-state index is -3.29. The van der Waals surface area contributed by atoms with Crippen LogP contribution in [0.5, 0.6) is 5.75 Å². The summed E-state index contributed by atoms with van der Waals surface area (Å²) >= 11 is 0. The summed E-state index contributed by atoms with van der Waals surface area (Å²) < 4.78 is 31.2. The first-order valence-electron chi connectivity index (χ1n) is 11.6. The van der Waals surface area contributed by atoms with Crippen LogP contribution in [0, 0.1) is 0 Å². The van der Waals surface area contributed by atoms with E-state index in [2.05, 4.69) is 14.9 Å². The fourth-order valence-electron chi connectivity index (χ4n) is 4.66. The van der Waals surface area contributed by atoms with Gasteiger partial charge >= 0.3 is 0 Å². The molecule has 3 heterocycles. The highest BCUT2D eigenvalue weighted by atomic mass is 32.2. The number of fused-ring (bicyclic) bond motifs is 3. The fraction of sp³-hybridized carbons (Fsp3) is 0.346. The summed E-state index contributed by atoms with van der Waals surface area (Å²) in [5.74, 6) is 0.869. The van der Waals surface area contributed by atoms with Crippen molar-refractivity contribution in [3.63, 3.8) is 0 Å². The van der Waals surface area contributed by atoms with Gasteiger partial charge in [0.05, 0.1) is 16.2 Å². The molecule has 0 unspecified atom stereocenters. The van der Waals surface area contributed by atoms with Crippen LogP contribution in [0.2, 0.25) is 0 Å². The molecule has 2 aromatic heterocycles. The Labute approximate surface area is 194 Å². The Hall–Kier alpha value is -2.90. The SMILES string of the molecule is CCS(=O)(=O)c1cccc(-c2ccc(OCCN3CCCCC3)c3[nH]c4ncccc4c23)c1. The number of aromatic nitrogens is 2. The predicted molar refractivity (Wildman–Crippen MR) is 133 cm³/mol. The first kappa shape index (κ1) is 21.9. The first-order chi connectivity index (χ1) is 16.1. The number of hydrogen-bond donors (Lipinski definition) is 1. The van der Waals surface area contributed by atoms with E-state index in [-0.39, 0.29) is 5.75 Å². The molecule has 1 fully saturated rings. The summed E-state index contributed by atoms with van der Waals surface area (Å²) in [4.78, 5) is 10.7. The summed E-state index contributed by atoms with van der Waals surface area (Å²) in [6.45, 7) is 5.50. The van der Waals surface area contributed by atoms with E-state index in [9.17, 15) is 8.42 Å². The molecule has 0 bridgehead atoms. The molecule has 0 atom stereocenters. The number of nitrogens with zero attached hydrogens (tertiary/aromatic N) is 2. The molecular weight excluding hydrogens is 434 g/mol. The maximum absolute atomic E-state index is 12.5. The van der Waals surface area contributed by atoms with Crippen LogP contribution < -0.4 is 4.74 Å². The third-order valence-electron chi connectivity index (χ3n) is 6.49. The molecule has 1 saturated heterocycles. The van der Waals surface area contributed by atoms with Crippen molar-refractivity contribution in [2.24, 2.45) is 0 Å². The van der Waals surface area contributed by atoms with E-state index in [1.807, 2.05) is 30.3 Å². The second-order valence-corrected chi connectivity index (χ2v) is 10.8. The van der Waals surface area contributed by atoms with Gasteiger partial charge in [-0.1, -0.05) is 25.5 Å². The molecular formula is C26H29N3O3S. The van der Waals surface area contributed by atoms with Gasteiger partial charge in [-0.3, -0.25) is 4.90 Å². The molecule has 4 aromatic rings. The Morgan fingerprint density at radius 2 is 1.91 bits per heavy atom. The summed E-state index contributed by atoms with van der Waals surface area (Å²) in [7, 11) is -3.29. The normalized spacial score (nSPS) is 15.3. The summed E-state index contributed by atoms with van der Waals surface area (Å²) in [5.41, 5.74) is 3.50. The van der Waals surface area contributed by atoms with E-state index in [1.165, 1.54) is 19.3 Å². The van der Waals surface area contributed by atoms with E-state index < -0.39 is 9.84 Å². The number of H-pyrrole nitrogens is 1. The van der Waals surface area contributed by atoms with Crippen LogP contribution in [0.25, 0.3) is 33.1 Å². The molecule has 0 radical (unpaired) electrons. The zero-order valence-electron chi connectivity index (χ0n) is 18.9. The molecule has 0 spiro atoms. The van der Waals surface area contributed by atoms with Crippen LogP contribution in [-0.2, 0) is 9.84 Å². The minimum Gasteiger partial charge on any atom is -0.490 e. The van der Waals surface area contributed by atoms with E-state index in [0.29, 0.717) is 11.5 Å². The molecule has 6 nitrogen and oxygen atoms in total. The molecule has 5 rings (SSSR count). The maximum atomic E-state index is 12.5. The topological polar surface area (TPSA) is 75.3 Å². The quantitative estimate of drug-likeness (QED) is 0.416. The van der Waals surface area contributed by atoms with Gasteiger partial charge in [0.2, 0.25) is 0 Å². The molecule has 172 valence electrons. The van der Waals surface area contributed by atoms with Crippen molar-refractivity contribution in [3.8, 4) is 16.9 Å². The lowest BCUT2D eigenvalue weighted by Gasteiger charge is -2.26. The summed E-state index contributed by atoms with van der Waals surface area (Å²) in [6.07, 6.45) is 5.61. The van der Waals surface area contributed by atoms with Crippen LogP contribution in [0.4, 0.5) is 0 Å². The molecule has 2 aromatic carbocycles. The first-order valence-corrected chi connectivity index (χ1v) is 13.3. The molecule has 1 aliphatic rings. The lowest BCUT2D eigenvalue weighted by Crippen LogP contribution is -2.33. The molecule has 1 aliphatic heterocycles. The third kappa shape index (κ3) is 4.35. The minimum absolute atomic E-state index is 0.0761. The fourth-order valence-corrected chi connectivity index (χ4v) is 5.59. The zero-order valence-corrected chi connectivity index (χ0v) is 19.7. The molecule has 0 saturated carbocycles. The number of sulfone groups is 1. The van der Waals surface area contributed by atoms with Crippen LogP contribution in [0.3, 0.4) is 0 Å². The number of ether oxygens (including phenoxy) is 1. The Morgan fingerprint density at radius 1 is 1.06 bits per heavy atom. The number of hydrogen-bond acceptors (Lipinski definition) is 5. The maximum Gasteiger partial charge on any atom is 0.178 e. The standard InChI is InChI=1S/C26H29N3O3S/c1-2-33(30,31)20-9-6-8-19(18-20)21-11-12-23(32-17-16-29-14-4-3-5-15-29)25-24(21)22-10-7-13-27-26(22)28-25/h6-13,18H,2-5,14-17H2,1H3,(H,27,28). The van der Waals surface area contributed by atoms with Gasteiger partial charge in [0, 0.05) is 23.5 Å². The van der Waals surface area contributed by atoms with Crippen LogP contribution >= 0.6 is 0 Å². The van der Waals surface area contributed by atoms with Crippen molar-refractivity contribution in [1.29, 1.82) is 0 Å². The Balaban J connectivity index is 1.55. The molecule has 1 N–H and O–H groups in total. The van der Waals surface area contributed by atoms with Crippen molar-refractivity contribution < 1.29 is 13.2 Å². The lowest BCUT2D eigenvalue weighted by atomic mass is 9.99. The zero-order chi connectivity index (χ0) is 22.8. The second kappa shape index (κ2) is 9.15. The molecule has 0 aliphatic carbocycles. The van der Waals surface area contributed by atoms with Gasteiger partial charge in [-0.15, -0.1) is 0 Å². The van der Waals surface area contributed by atoms with E-state index in [4.69, 9.17) is 4.74 Å². The van der Waals surface area contributed by atoms with Crippen molar-refractivity contribution in [2.45, 2.75) is 31.1 Å². The predicted octanol–water partition coefficient (Wildman–Crippen LogP) is 5.04. The van der Waals surface area contributed by atoms with Gasteiger partial charge in [-0.2, -0.15) is 0 Å². The number of rotatable bonds is 7. The average molecular weight is 464 g/mol. The van der Waals surface area contributed by atoms with Gasteiger partial charge in [-0.05, 0) is 73.5 Å². The van der Waals surface area contributed by atoms with E-state index >= 15 is 0 Å². The number of likely N-dealkylation sites (tertiary alicyclic amines) is 1. The van der Waals surface area contributed by atoms with Crippen molar-refractivity contribution >= 4 is 31.8 Å². The molecule has 7 heteroatoms. The van der Waals surface area contributed by atoms with Crippen LogP contribution in [0.1, 0.15) is 26.2 Å². The van der Waals surface area contributed by atoms with Gasteiger partial charge in [0.1, 0.15) is 18.0 Å². The van der Waals surface area contributed by atoms with Crippen LogP contribution in [-0.4, -0.2) is 55.3 Å². The summed E-state index contributed by atoms with van der Waals surface area (Å²) in [6, 6.07) is 15.1. The molecule has 33 heavy (non-hydrogen) atoms. The highest BCUT2D eigenvalue weighted by molar-refractivity contribution is 7.91. The largest absolute Gasteiger partial charge is 0.490 e. The van der Waals surface area contributed by atoms with Gasteiger partial charge < -0.3 is 9.72 Å². The van der Waals surface area contributed by atoms with Gasteiger partial charge in [0.25, 0.3) is 0 Å². The Morgan fingerprint density at radius 3 is 2.73 bits per heavy atom. The van der Waals surface area contributed by atoms with Crippen molar-refractivity contribution in [1.82, 2.24) is 14.9 Å². The number of pyridine rings is 1. The van der Waals surface area contributed by atoms with E-state index in [1.54, 1.807) is 31.3 Å². The van der Waals surface area contributed by atoms with Gasteiger partial charge in [-0.25, -0.2) is 13.4 Å². The highest BCUT2D eigenvalue weighted by Crippen LogP contribution is 2.39. The Bertz CT molecular complexity index is 1390. The second-order valence-electron chi connectivity index (χ2n) is 8.57. The van der Waals surface area contributed by atoms with Crippen LogP contribution in [0.15, 0.2) is 59.6 Å². The number of aromatic amines is 1. The number of nitrogens with one attached hydrogen (secondary N) is 1.